The molecule has 1 aromatic heterocycles. The number of rotatable bonds is 6. The Kier molecular flexibility index (Phi) is 4.84. The van der Waals surface area contributed by atoms with Gasteiger partial charge in [-0.2, -0.15) is 0 Å². The molecule has 2 aromatic rings. The van der Waals surface area contributed by atoms with Crippen LogP contribution >= 0.6 is 15.9 Å². The van der Waals surface area contributed by atoms with Crippen LogP contribution in [0.4, 0.5) is 0 Å². The molecule has 0 bridgehead atoms. The Balaban J connectivity index is 1.68. The summed E-state index contributed by atoms with van der Waals surface area (Å²) in [5.41, 5.74) is 0. The first kappa shape index (κ1) is 13.2. The topological polar surface area (TPSA) is 34.4 Å². The van der Waals surface area contributed by atoms with Crippen molar-refractivity contribution in [1.82, 2.24) is 5.32 Å². The molecule has 0 aliphatic carbocycles. The molecule has 96 valence electrons. The maximum absolute atomic E-state index is 5.61. The highest BCUT2D eigenvalue weighted by molar-refractivity contribution is 9.10. The number of nitrogens with one attached hydrogen (secondary N) is 1. The van der Waals surface area contributed by atoms with E-state index in [1.807, 2.05) is 36.4 Å². The minimum Gasteiger partial charge on any atom is -0.492 e. The second-order valence-electron chi connectivity index (χ2n) is 3.99. The lowest BCUT2D eigenvalue weighted by Crippen LogP contribution is -2.24. The SMILES string of the molecule is C[C@H](NCCOc1ccc(Br)cc1)c1ccco1. The Bertz CT molecular complexity index is 453. The minimum absolute atomic E-state index is 0.202. The molecule has 0 saturated heterocycles. The predicted molar refractivity (Wildman–Crippen MR) is 74.8 cm³/mol. The second kappa shape index (κ2) is 6.61. The van der Waals surface area contributed by atoms with E-state index in [1.54, 1.807) is 6.26 Å². The molecule has 0 amide bonds. The number of hydrogen-bond donors (Lipinski definition) is 1. The van der Waals surface area contributed by atoms with Gasteiger partial charge in [0.05, 0.1) is 12.3 Å². The van der Waals surface area contributed by atoms with Crippen molar-refractivity contribution >= 4 is 15.9 Å². The van der Waals surface area contributed by atoms with Crippen molar-refractivity contribution in [3.05, 3.63) is 52.9 Å². The molecule has 4 heteroatoms. The molecule has 1 heterocycles. The van der Waals surface area contributed by atoms with Gasteiger partial charge in [0.2, 0.25) is 0 Å². The van der Waals surface area contributed by atoms with E-state index in [9.17, 15) is 0 Å². The highest BCUT2D eigenvalue weighted by Crippen LogP contribution is 2.16. The summed E-state index contributed by atoms with van der Waals surface area (Å²) in [6.45, 7) is 3.48. The van der Waals surface area contributed by atoms with Gasteiger partial charge >= 0.3 is 0 Å². The van der Waals surface area contributed by atoms with Gasteiger partial charge in [0.15, 0.2) is 0 Å². The zero-order valence-electron chi connectivity index (χ0n) is 10.2. The molecule has 3 nitrogen and oxygen atoms in total. The van der Waals surface area contributed by atoms with Crippen LogP contribution in [0.2, 0.25) is 0 Å². The van der Waals surface area contributed by atoms with Crippen LogP contribution in [0.1, 0.15) is 18.7 Å². The summed E-state index contributed by atoms with van der Waals surface area (Å²) >= 11 is 3.39. The standard InChI is InChI=1S/C14H16BrNO2/c1-11(14-3-2-9-18-14)16-8-10-17-13-6-4-12(15)5-7-13/h2-7,9,11,16H,8,10H2,1H3/t11-/m0/s1. The predicted octanol–water partition coefficient (Wildman–Crippen LogP) is 3.77. The Morgan fingerprint density at radius 3 is 2.72 bits per heavy atom. The Morgan fingerprint density at radius 2 is 2.06 bits per heavy atom. The largest absolute Gasteiger partial charge is 0.492 e. The number of furan rings is 1. The first-order chi connectivity index (χ1) is 8.75. The lowest BCUT2D eigenvalue weighted by Gasteiger charge is -2.12. The summed E-state index contributed by atoms with van der Waals surface area (Å²) in [4.78, 5) is 0. The van der Waals surface area contributed by atoms with Crippen molar-refractivity contribution in [2.75, 3.05) is 13.2 Å². The van der Waals surface area contributed by atoms with E-state index < -0.39 is 0 Å². The molecule has 0 fully saturated rings. The first-order valence-electron chi connectivity index (χ1n) is 5.91. The van der Waals surface area contributed by atoms with E-state index >= 15 is 0 Å². The fraction of sp³-hybridized carbons (Fsp3) is 0.286. The van der Waals surface area contributed by atoms with Gasteiger partial charge in [0.25, 0.3) is 0 Å². The van der Waals surface area contributed by atoms with Crippen molar-refractivity contribution in [3.8, 4) is 5.75 Å². The zero-order chi connectivity index (χ0) is 12.8. The molecule has 0 aliphatic heterocycles. The van der Waals surface area contributed by atoms with Crippen molar-refractivity contribution in [1.29, 1.82) is 0 Å². The number of benzene rings is 1. The van der Waals surface area contributed by atoms with Gasteiger partial charge in [-0.1, -0.05) is 15.9 Å². The van der Waals surface area contributed by atoms with Crippen LogP contribution in [-0.2, 0) is 0 Å². The molecular weight excluding hydrogens is 294 g/mol. The first-order valence-corrected chi connectivity index (χ1v) is 6.70. The summed E-state index contributed by atoms with van der Waals surface area (Å²) in [6.07, 6.45) is 1.69. The van der Waals surface area contributed by atoms with E-state index in [0.29, 0.717) is 6.61 Å². The third kappa shape index (κ3) is 3.89. The second-order valence-corrected chi connectivity index (χ2v) is 4.91. The lowest BCUT2D eigenvalue weighted by molar-refractivity contribution is 0.302. The number of halogens is 1. The summed E-state index contributed by atoms with van der Waals surface area (Å²) in [5.74, 6) is 1.82. The van der Waals surface area contributed by atoms with E-state index in [-0.39, 0.29) is 6.04 Å². The highest BCUT2D eigenvalue weighted by Gasteiger charge is 2.06. The van der Waals surface area contributed by atoms with Crippen molar-refractivity contribution in [3.63, 3.8) is 0 Å². The molecular formula is C14H16BrNO2. The Morgan fingerprint density at radius 1 is 1.28 bits per heavy atom. The Labute approximate surface area is 115 Å². The normalized spacial score (nSPS) is 12.3. The fourth-order valence-corrected chi connectivity index (χ4v) is 1.88. The molecule has 18 heavy (non-hydrogen) atoms. The van der Waals surface area contributed by atoms with Crippen LogP contribution in [0.15, 0.2) is 51.6 Å². The molecule has 0 unspecified atom stereocenters. The smallest absolute Gasteiger partial charge is 0.120 e. The molecule has 2 rings (SSSR count). The fourth-order valence-electron chi connectivity index (χ4n) is 1.61. The summed E-state index contributed by atoms with van der Waals surface area (Å²) in [7, 11) is 0. The average molecular weight is 310 g/mol. The van der Waals surface area contributed by atoms with Gasteiger partial charge in [-0.3, -0.25) is 0 Å². The van der Waals surface area contributed by atoms with E-state index in [4.69, 9.17) is 9.15 Å². The van der Waals surface area contributed by atoms with Crippen LogP contribution in [-0.4, -0.2) is 13.2 Å². The maximum atomic E-state index is 5.61. The van der Waals surface area contributed by atoms with Crippen LogP contribution in [0.25, 0.3) is 0 Å². The monoisotopic (exact) mass is 309 g/mol. The van der Waals surface area contributed by atoms with Gasteiger partial charge < -0.3 is 14.5 Å². The summed E-state index contributed by atoms with van der Waals surface area (Å²) in [6, 6.07) is 11.9. The molecule has 0 spiro atoms. The van der Waals surface area contributed by atoms with E-state index in [0.717, 1.165) is 22.5 Å². The number of hydrogen-bond acceptors (Lipinski definition) is 3. The molecule has 1 N–H and O–H groups in total. The Hall–Kier alpha value is -1.26. The van der Waals surface area contributed by atoms with E-state index in [1.165, 1.54) is 0 Å². The van der Waals surface area contributed by atoms with Gasteiger partial charge in [0, 0.05) is 11.0 Å². The molecule has 1 atom stereocenters. The third-order valence-electron chi connectivity index (χ3n) is 2.60. The van der Waals surface area contributed by atoms with Gasteiger partial charge in [-0.05, 0) is 43.3 Å². The number of ether oxygens (including phenoxy) is 1. The highest BCUT2D eigenvalue weighted by atomic mass is 79.9. The van der Waals surface area contributed by atoms with E-state index in [2.05, 4.69) is 28.2 Å². The van der Waals surface area contributed by atoms with Crippen molar-refractivity contribution in [2.45, 2.75) is 13.0 Å². The van der Waals surface area contributed by atoms with Crippen LogP contribution in [0.5, 0.6) is 5.75 Å². The quantitative estimate of drug-likeness (QED) is 0.825. The third-order valence-corrected chi connectivity index (χ3v) is 3.13. The molecule has 0 radical (unpaired) electrons. The van der Waals surface area contributed by atoms with Crippen LogP contribution in [0, 0.1) is 0 Å². The van der Waals surface area contributed by atoms with Gasteiger partial charge in [-0.15, -0.1) is 0 Å². The van der Waals surface area contributed by atoms with Crippen LogP contribution < -0.4 is 10.1 Å². The molecule has 0 aliphatic rings. The summed E-state index contributed by atoms with van der Waals surface area (Å²) < 4.78 is 12.0. The van der Waals surface area contributed by atoms with Crippen molar-refractivity contribution in [2.24, 2.45) is 0 Å². The van der Waals surface area contributed by atoms with Crippen molar-refractivity contribution < 1.29 is 9.15 Å². The molecule has 0 saturated carbocycles. The van der Waals surface area contributed by atoms with Gasteiger partial charge in [-0.25, -0.2) is 0 Å². The summed E-state index contributed by atoms with van der Waals surface area (Å²) in [5, 5.41) is 3.34. The van der Waals surface area contributed by atoms with Gasteiger partial charge in [0.1, 0.15) is 18.1 Å². The average Bonchev–Trinajstić information content (AvgIpc) is 2.90. The zero-order valence-corrected chi connectivity index (χ0v) is 11.8. The molecule has 1 aromatic carbocycles. The minimum atomic E-state index is 0.202. The lowest BCUT2D eigenvalue weighted by atomic mass is 10.2. The maximum Gasteiger partial charge on any atom is 0.120 e. The van der Waals surface area contributed by atoms with Crippen LogP contribution in [0.3, 0.4) is 0 Å².